The fourth-order valence-corrected chi connectivity index (χ4v) is 2.08. The number of pyridine rings is 1. The van der Waals surface area contributed by atoms with Gasteiger partial charge in [0.05, 0.1) is 11.9 Å². The van der Waals surface area contributed by atoms with Gasteiger partial charge < -0.3 is 5.32 Å². The fourth-order valence-electron chi connectivity index (χ4n) is 2.08. The van der Waals surface area contributed by atoms with Crippen LogP contribution in [-0.4, -0.2) is 27.0 Å². The van der Waals surface area contributed by atoms with E-state index >= 15 is 0 Å². The summed E-state index contributed by atoms with van der Waals surface area (Å²) in [6.45, 7) is 0.334. The van der Waals surface area contributed by atoms with Crippen LogP contribution in [-0.2, 0) is 6.54 Å². The first-order valence-corrected chi connectivity index (χ1v) is 6.24. The highest BCUT2D eigenvalue weighted by molar-refractivity contribution is 5.76. The lowest BCUT2D eigenvalue weighted by atomic mass is 10.2. The molecule has 0 aliphatic heterocycles. The highest BCUT2D eigenvalue weighted by atomic mass is 16.1. The summed E-state index contributed by atoms with van der Waals surface area (Å²) in [6.07, 6.45) is 1.70. The highest BCUT2D eigenvalue weighted by Crippen LogP contribution is 2.11. The topological polar surface area (TPSA) is 72.7 Å². The van der Waals surface area contributed by atoms with E-state index in [1.807, 2.05) is 24.3 Å². The van der Waals surface area contributed by atoms with Crippen molar-refractivity contribution in [3.8, 4) is 0 Å². The molecular formula is C14H13N5O. The Morgan fingerprint density at radius 3 is 2.90 bits per heavy atom. The minimum Gasteiger partial charge on any atom is -0.373 e. The van der Waals surface area contributed by atoms with Crippen molar-refractivity contribution in [2.75, 3.05) is 12.4 Å². The number of benzene rings is 1. The van der Waals surface area contributed by atoms with E-state index < -0.39 is 0 Å². The Balaban J connectivity index is 2.07. The average molecular weight is 267 g/mol. The summed E-state index contributed by atoms with van der Waals surface area (Å²) >= 11 is 0. The second-order valence-electron chi connectivity index (χ2n) is 4.33. The molecule has 0 aliphatic rings. The molecule has 0 radical (unpaired) electrons. The molecule has 0 saturated carbocycles. The lowest BCUT2D eigenvalue weighted by Crippen LogP contribution is -2.25. The number of anilines is 1. The van der Waals surface area contributed by atoms with E-state index in [9.17, 15) is 4.79 Å². The summed E-state index contributed by atoms with van der Waals surface area (Å²) in [5, 5.41) is 11.6. The lowest BCUT2D eigenvalue weighted by molar-refractivity contribution is 0.600. The van der Waals surface area contributed by atoms with E-state index in [1.165, 1.54) is 4.68 Å². The van der Waals surface area contributed by atoms with Gasteiger partial charge in [-0.1, -0.05) is 23.4 Å². The van der Waals surface area contributed by atoms with Crippen LogP contribution in [0.5, 0.6) is 0 Å². The van der Waals surface area contributed by atoms with Crippen molar-refractivity contribution in [1.29, 1.82) is 0 Å². The van der Waals surface area contributed by atoms with Gasteiger partial charge in [-0.05, 0) is 18.2 Å². The number of aromatic nitrogens is 4. The monoisotopic (exact) mass is 267 g/mol. The summed E-state index contributed by atoms with van der Waals surface area (Å²) in [6, 6.07) is 10.9. The van der Waals surface area contributed by atoms with Gasteiger partial charge in [0.2, 0.25) is 0 Å². The molecule has 3 rings (SSSR count). The van der Waals surface area contributed by atoms with Crippen LogP contribution in [0.1, 0.15) is 5.56 Å². The first-order chi connectivity index (χ1) is 9.79. The van der Waals surface area contributed by atoms with Gasteiger partial charge in [0.15, 0.2) is 0 Å². The van der Waals surface area contributed by atoms with Crippen LogP contribution in [0.15, 0.2) is 47.4 Å². The maximum Gasteiger partial charge on any atom is 0.277 e. The minimum absolute atomic E-state index is 0.151. The van der Waals surface area contributed by atoms with Crippen LogP contribution in [0, 0.1) is 0 Å². The quantitative estimate of drug-likeness (QED) is 0.773. The molecule has 6 nitrogen and oxygen atoms in total. The molecule has 0 aliphatic carbocycles. The summed E-state index contributed by atoms with van der Waals surface area (Å²) in [5.74, 6) is 0.731. The molecule has 2 aromatic heterocycles. The first-order valence-electron chi connectivity index (χ1n) is 6.24. The highest BCUT2D eigenvalue weighted by Gasteiger charge is 2.08. The standard InChI is InChI=1S/C14H13N5O/c1-15-13-10(5-4-8-16-13)9-19-14(20)11-6-2-3-7-12(11)17-18-19/h2-8H,9H2,1H3,(H,15,16). The number of fused-ring (bicyclic) bond motifs is 1. The molecule has 0 unspecified atom stereocenters. The van der Waals surface area contributed by atoms with Gasteiger partial charge in [-0.25, -0.2) is 9.67 Å². The predicted molar refractivity (Wildman–Crippen MR) is 76.7 cm³/mol. The minimum atomic E-state index is -0.151. The van der Waals surface area contributed by atoms with Gasteiger partial charge in [-0.2, -0.15) is 0 Å². The molecule has 3 aromatic rings. The Hall–Kier alpha value is -2.76. The van der Waals surface area contributed by atoms with Crippen LogP contribution < -0.4 is 10.9 Å². The third kappa shape index (κ3) is 2.11. The van der Waals surface area contributed by atoms with Crippen molar-refractivity contribution < 1.29 is 0 Å². The Morgan fingerprint density at radius 1 is 1.20 bits per heavy atom. The van der Waals surface area contributed by atoms with Gasteiger partial charge in [-0.15, -0.1) is 5.10 Å². The summed E-state index contributed by atoms with van der Waals surface area (Å²) in [4.78, 5) is 16.6. The molecule has 1 N–H and O–H groups in total. The zero-order chi connectivity index (χ0) is 13.9. The summed E-state index contributed by atoms with van der Waals surface area (Å²) < 4.78 is 1.35. The zero-order valence-corrected chi connectivity index (χ0v) is 10.9. The molecule has 1 aromatic carbocycles. The van der Waals surface area contributed by atoms with Crippen molar-refractivity contribution >= 4 is 16.7 Å². The molecule has 0 fully saturated rings. The van der Waals surface area contributed by atoms with Crippen LogP contribution in [0.4, 0.5) is 5.82 Å². The van der Waals surface area contributed by atoms with Gasteiger partial charge in [-0.3, -0.25) is 4.79 Å². The van der Waals surface area contributed by atoms with E-state index in [2.05, 4.69) is 20.6 Å². The largest absolute Gasteiger partial charge is 0.373 e. The molecule has 0 bridgehead atoms. The van der Waals surface area contributed by atoms with Crippen LogP contribution in [0.3, 0.4) is 0 Å². The molecular weight excluding hydrogens is 254 g/mol. The van der Waals surface area contributed by atoms with Crippen molar-refractivity contribution in [2.45, 2.75) is 6.54 Å². The van der Waals surface area contributed by atoms with Crippen LogP contribution in [0.2, 0.25) is 0 Å². The second-order valence-corrected chi connectivity index (χ2v) is 4.33. The second kappa shape index (κ2) is 5.08. The number of nitrogens with zero attached hydrogens (tertiary/aromatic N) is 4. The predicted octanol–water partition coefficient (Wildman–Crippen LogP) is 1.28. The lowest BCUT2D eigenvalue weighted by Gasteiger charge is -2.08. The molecule has 0 atom stereocenters. The Kier molecular flexibility index (Phi) is 3.12. The first kappa shape index (κ1) is 12.3. The zero-order valence-electron chi connectivity index (χ0n) is 10.9. The summed E-state index contributed by atoms with van der Waals surface area (Å²) in [5.41, 5.74) is 1.34. The Bertz CT molecular complexity index is 812. The van der Waals surface area contributed by atoms with Gasteiger partial charge >= 0.3 is 0 Å². The van der Waals surface area contributed by atoms with Gasteiger partial charge in [0.25, 0.3) is 5.56 Å². The molecule has 0 saturated heterocycles. The number of nitrogens with one attached hydrogen (secondary N) is 1. The van der Waals surface area contributed by atoms with Crippen molar-refractivity contribution in [1.82, 2.24) is 20.0 Å². The van der Waals surface area contributed by atoms with E-state index in [1.54, 1.807) is 25.4 Å². The maximum atomic E-state index is 12.4. The fraction of sp³-hybridized carbons (Fsp3) is 0.143. The summed E-state index contributed by atoms with van der Waals surface area (Å²) in [7, 11) is 1.79. The Labute approximate surface area is 115 Å². The Morgan fingerprint density at radius 2 is 2.05 bits per heavy atom. The van der Waals surface area contributed by atoms with E-state index in [-0.39, 0.29) is 5.56 Å². The van der Waals surface area contributed by atoms with Crippen molar-refractivity contribution in [2.24, 2.45) is 0 Å². The van der Waals surface area contributed by atoms with Crippen molar-refractivity contribution in [3.63, 3.8) is 0 Å². The molecule has 2 heterocycles. The number of hydrogen-bond donors (Lipinski definition) is 1. The number of hydrogen-bond acceptors (Lipinski definition) is 5. The third-order valence-corrected chi connectivity index (χ3v) is 3.08. The third-order valence-electron chi connectivity index (χ3n) is 3.08. The molecule has 6 heteroatoms. The van der Waals surface area contributed by atoms with Gasteiger partial charge in [0, 0.05) is 18.8 Å². The van der Waals surface area contributed by atoms with Crippen LogP contribution in [0.25, 0.3) is 10.9 Å². The van der Waals surface area contributed by atoms with Gasteiger partial charge in [0.1, 0.15) is 11.3 Å². The smallest absolute Gasteiger partial charge is 0.277 e. The van der Waals surface area contributed by atoms with E-state index in [0.717, 1.165) is 11.4 Å². The van der Waals surface area contributed by atoms with Crippen molar-refractivity contribution in [3.05, 3.63) is 58.5 Å². The SMILES string of the molecule is CNc1ncccc1Cn1nnc2ccccc2c1=O. The normalized spacial score (nSPS) is 10.7. The molecule has 100 valence electrons. The number of rotatable bonds is 3. The molecule has 0 amide bonds. The van der Waals surface area contributed by atoms with Crippen LogP contribution >= 0.6 is 0 Å². The molecule has 0 spiro atoms. The molecule has 20 heavy (non-hydrogen) atoms. The van der Waals surface area contributed by atoms with E-state index in [4.69, 9.17) is 0 Å². The average Bonchev–Trinajstić information content (AvgIpc) is 2.51. The maximum absolute atomic E-state index is 12.4. The van der Waals surface area contributed by atoms with E-state index in [0.29, 0.717) is 17.4 Å².